The van der Waals surface area contributed by atoms with Gasteiger partial charge in [-0.1, -0.05) is 50.6 Å². The maximum Gasteiger partial charge on any atom is 0.548 e. The monoisotopic (exact) mass is 640 g/mol. The molecule has 11 nitrogen and oxygen atoms in total. The summed E-state index contributed by atoms with van der Waals surface area (Å²) in [6.07, 6.45) is 3.93. The molecule has 12 heteroatoms. The third-order valence-corrected chi connectivity index (χ3v) is 8.19. The highest BCUT2D eigenvalue weighted by molar-refractivity contribution is 7.48. The zero-order valence-electron chi connectivity index (χ0n) is 26.3. The molecule has 3 rings (SSSR count). The Labute approximate surface area is 265 Å². The number of hydrogen-bond donors (Lipinski definition) is 2. The first-order chi connectivity index (χ1) is 21.8. The lowest BCUT2D eigenvalue weighted by Gasteiger charge is -2.32. The maximum atomic E-state index is 13.5. The average Bonchev–Trinajstić information content (AvgIpc) is 3.56. The Balaban J connectivity index is 1.69. The van der Waals surface area contributed by atoms with Gasteiger partial charge in [-0.25, -0.2) is 5.06 Å². The molecule has 1 heterocycles. The van der Waals surface area contributed by atoms with E-state index in [1.165, 1.54) is 18.2 Å². The molecule has 0 spiro atoms. The highest BCUT2D eigenvalue weighted by atomic mass is 31.1. The summed E-state index contributed by atoms with van der Waals surface area (Å²) in [5.41, 5.74) is 1.64. The van der Waals surface area contributed by atoms with Crippen LogP contribution in [0.4, 0.5) is 0 Å². The summed E-state index contributed by atoms with van der Waals surface area (Å²) in [5, 5.41) is 7.14. The zero-order chi connectivity index (χ0) is 32.6. The molecule has 0 aliphatic carbocycles. The quantitative estimate of drug-likeness (QED) is 0.0553. The molecule has 0 saturated carbocycles. The number of nitrogens with zero attached hydrogens (tertiary/aromatic N) is 1. The fourth-order valence-corrected chi connectivity index (χ4v) is 5.54. The summed E-state index contributed by atoms with van der Waals surface area (Å²) < 4.78 is 28.7. The molecule has 0 bridgehead atoms. The van der Waals surface area contributed by atoms with Crippen molar-refractivity contribution in [1.29, 1.82) is 0 Å². The van der Waals surface area contributed by atoms with E-state index in [1.807, 2.05) is 51.1 Å². The van der Waals surface area contributed by atoms with Crippen molar-refractivity contribution in [2.45, 2.75) is 58.9 Å². The molecule has 3 amide bonds. The zero-order valence-corrected chi connectivity index (χ0v) is 27.2. The van der Waals surface area contributed by atoms with E-state index >= 15 is 0 Å². The second kappa shape index (κ2) is 18.7. The Bertz CT molecular complexity index is 1400. The van der Waals surface area contributed by atoms with Crippen molar-refractivity contribution in [3.05, 3.63) is 72.0 Å². The number of nitrogens with one attached hydrogen (secondary N) is 2. The van der Waals surface area contributed by atoms with Crippen LogP contribution in [-0.2, 0) is 29.9 Å². The number of aryl methyl sites for hydroxylation is 1. The first-order valence-corrected chi connectivity index (χ1v) is 16.4. The molecule has 0 fully saturated rings. The molecule has 1 aromatic heterocycles. The van der Waals surface area contributed by atoms with Gasteiger partial charge >= 0.3 is 8.03 Å². The molecule has 2 aromatic carbocycles. The molecule has 0 radical (unpaired) electrons. The number of amides is 3. The first kappa shape index (κ1) is 35.4. The standard InChI is InChI=1S/C33H42N3O8P/c1-5-8-18-43-36(23-37)29(6-2)28(15-14-24-12-10-9-11-13-24)32(38)34-22-35-33(39)31-17-16-30(44-31)25-19-26(42-7-3)21-27(20-25)45(40)41-4/h9-13,16-17,19-21,23,28-29H,5-8,14-15,18,22H2,1-4H3,(H-,34,35,38,39)/p+1/t28-,29-/m1/s1. The van der Waals surface area contributed by atoms with Gasteiger partial charge in [-0.2, -0.15) is 0 Å². The number of carbonyl (C=O) groups excluding carboxylic acids is 3. The van der Waals surface area contributed by atoms with Gasteiger partial charge < -0.3 is 19.8 Å². The molecule has 0 saturated heterocycles. The second-order valence-corrected chi connectivity index (χ2v) is 11.6. The van der Waals surface area contributed by atoms with E-state index in [9.17, 15) is 18.9 Å². The number of furan rings is 1. The Morgan fingerprint density at radius 1 is 1.04 bits per heavy atom. The summed E-state index contributed by atoms with van der Waals surface area (Å²) in [7, 11) is -0.731. The van der Waals surface area contributed by atoms with E-state index in [2.05, 4.69) is 10.6 Å². The van der Waals surface area contributed by atoms with Crippen LogP contribution in [-0.4, -0.2) is 56.3 Å². The first-order valence-electron chi connectivity index (χ1n) is 15.2. The van der Waals surface area contributed by atoms with Crippen LogP contribution in [0.25, 0.3) is 11.3 Å². The van der Waals surface area contributed by atoms with Crippen LogP contribution in [0.15, 0.2) is 65.1 Å². The number of unbranched alkanes of at least 4 members (excludes halogenated alkanes) is 1. The summed E-state index contributed by atoms with van der Waals surface area (Å²) in [4.78, 5) is 44.1. The number of benzene rings is 2. The highest BCUT2D eigenvalue weighted by Gasteiger charge is 2.32. The van der Waals surface area contributed by atoms with Gasteiger partial charge in [0, 0.05) is 17.7 Å². The smallest absolute Gasteiger partial charge is 0.494 e. The maximum absolute atomic E-state index is 13.5. The summed E-state index contributed by atoms with van der Waals surface area (Å²) in [6, 6.07) is 17.5. The number of rotatable bonds is 20. The van der Waals surface area contributed by atoms with Gasteiger partial charge in [0.1, 0.15) is 11.5 Å². The van der Waals surface area contributed by atoms with E-state index in [1.54, 1.807) is 24.3 Å². The lowest BCUT2D eigenvalue weighted by molar-refractivity contribution is -0.195. The van der Waals surface area contributed by atoms with E-state index in [-0.39, 0.29) is 18.3 Å². The van der Waals surface area contributed by atoms with Gasteiger partial charge in [-0.15, -0.1) is 4.52 Å². The average molecular weight is 641 g/mol. The van der Waals surface area contributed by atoms with Gasteiger partial charge in [0.2, 0.25) is 17.6 Å². The van der Waals surface area contributed by atoms with Crippen molar-refractivity contribution in [2.24, 2.45) is 5.92 Å². The predicted molar refractivity (Wildman–Crippen MR) is 171 cm³/mol. The normalized spacial score (nSPS) is 12.6. The third-order valence-electron chi connectivity index (χ3n) is 7.18. The topological polar surface area (TPSA) is 136 Å². The molecule has 0 aliphatic rings. The molecule has 3 atom stereocenters. The van der Waals surface area contributed by atoms with Crippen LogP contribution in [0.1, 0.15) is 62.6 Å². The van der Waals surface area contributed by atoms with E-state index in [4.69, 9.17) is 18.5 Å². The summed E-state index contributed by atoms with van der Waals surface area (Å²) in [6.45, 7) is 6.41. The van der Waals surface area contributed by atoms with Gasteiger partial charge in [0.05, 0.1) is 39.0 Å². The lowest BCUT2D eigenvalue weighted by atomic mass is 9.90. The Morgan fingerprint density at radius 3 is 2.49 bits per heavy atom. The largest absolute Gasteiger partial charge is 0.548 e. The fourth-order valence-electron chi connectivity index (χ4n) is 4.86. The molecule has 0 aliphatic heterocycles. The molecule has 1 unspecified atom stereocenters. The summed E-state index contributed by atoms with van der Waals surface area (Å²) in [5.74, 6) is -0.531. The van der Waals surface area contributed by atoms with Crippen molar-refractivity contribution in [1.82, 2.24) is 15.7 Å². The molecule has 45 heavy (non-hydrogen) atoms. The number of carbonyl (C=O) groups is 3. The number of hydrogen-bond acceptors (Lipinski definition) is 8. The lowest BCUT2D eigenvalue weighted by Crippen LogP contribution is -2.48. The Morgan fingerprint density at radius 2 is 1.82 bits per heavy atom. The van der Waals surface area contributed by atoms with Crippen molar-refractivity contribution < 1.29 is 37.5 Å². The van der Waals surface area contributed by atoms with Crippen LogP contribution in [0.5, 0.6) is 5.75 Å². The molecule has 242 valence electrons. The van der Waals surface area contributed by atoms with Crippen molar-refractivity contribution in [3.8, 4) is 17.1 Å². The van der Waals surface area contributed by atoms with E-state index < -0.39 is 25.9 Å². The highest BCUT2D eigenvalue weighted by Crippen LogP contribution is 2.30. The second-order valence-electron chi connectivity index (χ2n) is 10.2. The van der Waals surface area contributed by atoms with E-state index in [0.717, 1.165) is 18.4 Å². The van der Waals surface area contributed by atoms with Crippen LogP contribution in [0.3, 0.4) is 0 Å². The van der Waals surface area contributed by atoms with Gasteiger partial charge in [0.25, 0.3) is 5.91 Å². The van der Waals surface area contributed by atoms with Gasteiger partial charge in [-0.3, -0.25) is 19.2 Å². The Kier molecular flexibility index (Phi) is 14.7. The minimum absolute atomic E-state index is 0.0299. The van der Waals surface area contributed by atoms with Crippen LogP contribution in [0.2, 0.25) is 0 Å². The molecular formula is C33H43N3O8P+. The number of hydroxylamine groups is 2. The fraction of sp³-hybridized carbons (Fsp3) is 0.424. The third kappa shape index (κ3) is 10.5. The van der Waals surface area contributed by atoms with Crippen LogP contribution in [0, 0.1) is 5.92 Å². The van der Waals surface area contributed by atoms with Crippen molar-refractivity contribution >= 4 is 31.6 Å². The summed E-state index contributed by atoms with van der Waals surface area (Å²) >= 11 is 0. The van der Waals surface area contributed by atoms with E-state index in [0.29, 0.717) is 61.3 Å². The van der Waals surface area contributed by atoms with Crippen molar-refractivity contribution in [2.75, 3.05) is 27.0 Å². The number of ether oxygens (including phenoxy) is 1. The SMILES string of the molecule is CCCCON(C=O)[C@H](CC)[C@@H](CCc1ccccc1)C(=O)NCNC(=O)c1ccc(-c2cc(OCC)cc([P+](=O)OC)c2)o1. The minimum atomic E-state index is -2.09. The molecule has 3 aromatic rings. The predicted octanol–water partition coefficient (Wildman–Crippen LogP) is 5.38. The molecular weight excluding hydrogens is 597 g/mol. The van der Waals surface area contributed by atoms with Gasteiger partial charge in [-0.05, 0) is 60.9 Å². The van der Waals surface area contributed by atoms with Crippen LogP contribution < -0.4 is 20.7 Å². The Hall–Kier alpha value is -4.05. The van der Waals surface area contributed by atoms with Crippen molar-refractivity contribution in [3.63, 3.8) is 0 Å². The van der Waals surface area contributed by atoms with Crippen LogP contribution >= 0.6 is 8.03 Å². The van der Waals surface area contributed by atoms with Gasteiger partial charge in [0.15, 0.2) is 5.76 Å². The minimum Gasteiger partial charge on any atom is -0.494 e. The molecule has 2 N–H and O–H groups in total.